The lowest BCUT2D eigenvalue weighted by Crippen LogP contribution is -2.51. The molecule has 4 aliphatic rings. The van der Waals surface area contributed by atoms with E-state index in [0.29, 0.717) is 37.8 Å². The van der Waals surface area contributed by atoms with Crippen LogP contribution in [0.1, 0.15) is 125 Å². The minimum absolute atomic E-state index is 0.0653. The van der Waals surface area contributed by atoms with Gasteiger partial charge in [0.25, 0.3) is 0 Å². The molecule has 0 heterocycles. The Hall–Kier alpha value is -0.900. The van der Waals surface area contributed by atoms with Crippen LogP contribution in [0.15, 0.2) is 11.6 Å². The summed E-state index contributed by atoms with van der Waals surface area (Å²) in [6, 6.07) is 0. The molecule has 258 valence electrons. The van der Waals surface area contributed by atoms with E-state index in [0.717, 1.165) is 54.8 Å². The number of ether oxygens (including phenoxy) is 1. The fourth-order valence-electron chi connectivity index (χ4n) is 10.1. The summed E-state index contributed by atoms with van der Waals surface area (Å²) in [5, 5.41) is 15.1. The van der Waals surface area contributed by atoms with Crippen LogP contribution < -0.4 is 16.4 Å². The number of nitrogens with two attached hydrogens (primary N) is 1. The molecule has 5 N–H and O–H groups in total. The second kappa shape index (κ2) is 15.5. The molecule has 4 aliphatic carbocycles. The summed E-state index contributed by atoms with van der Waals surface area (Å²) in [5.41, 5.74) is 8.37. The molecular formula is C36H63N3O4S2. The molecule has 9 atom stereocenters. The third-order valence-electron chi connectivity index (χ3n) is 12.7. The smallest absolute Gasteiger partial charge is 0.407 e. The molecule has 7 nitrogen and oxygen atoms in total. The van der Waals surface area contributed by atoms with Gasteiger partial charge in [-0.25, -0.2) is 9.59 Å². The average Bonchev–Trinajstić information content (AvgIpc) is 3.32. The van der Waals surface area contributed by atoms with Gasteiger partial charge in [-0.1, -0.05) is 65.5 Å². The summed E-state index contributed by atoms with van der Waals surface area (Å²) in [6.45, 7) is 13.4. The van der Waals surface area contributed by atoms with Crippen LogP contribution in [0.4, 0.5) is 4.79 Å². The Balaban J connectivity index is 1.21. The first-order valence-electron chi connectivity index (χ1n) is 18.0. The summed E-state index contributed by atoms with van der Waals surface area (Å²) < 4.78 is 4.56. The molecule has 9 heteroatoms. The van der Waals surface area contributed by atoms with Gasteiger partial charge in [-0.2, -0.15) is 25.3 Å². The Kier molecular flexibility index (Phi) is 12.8. The van der Waals surface area contributed by atoms with Crippen LogP contribution in [0.2, 0.25) is 0 Å². The minimum Gasteiger partial charge on any atom is -0.480 e. The number of aliphatic carboxylic acids is 1. The van der Waals surface area contributed by atoms with Crippen LogP contribution in [-0.4, -0.2) is 46.6 Å². The van der Waals surface area contributed by atoms with Gasteiger partial charge in [0, 0.05) is 19.5 Å². The Morgan fingerprint density at radius 2 is 1.80 bits per heavy atom. The predicted octanol–water partition coefficient (Wildman–Crippen LogP) is 7.81. The summed E-state index contributed by atoms with van der Waals surface area (Å²) >= 11 is 8.15. The maximum atomic E-state index is 12.6. The molecule has 3 fully saturated rings. The van der Waals surface area contributed by atoms with Crippen LogP contribution in [0, 0.1) is 46.3 Å². The topological polar surface area (TPSA) is 114 Å². The molecule has 4 rings (SSSR count). The van der Waals surface area contributed by atoms with E-state index in [4.69, 9.17) is 15.6 Å². The number of fused-ring (bicyclic) bond motifs is 5. The van der Waals surface area contributed by atoms with E-state index in [1.54, 1.807) is 0 Å². The number of hydrogen-bond acceptors (Lipinski definition) is 7. The normalized spacial score (nSPS) is 34.2. The number of rotatable bonds is 15. The van der Waals surface area contributed by atoms with E-state index < -0.39 is 10.0 Å². The van der Waals surface area contributed by atoms with E-state index in [9.17, 15) is 9.59 Å². The number of alkyl carbamates (subject to hydrolysis) is 1. The summed E-state index contributed by atoms with van der Waals surface area (Å²) in [5.74, 6) is 3.90. The zero-order valence-corrected chi connectivity index (χ0v) is 30.4. The van der Waals surface area contributed by atoms with Gasteiger partial charge in [0.2, 0.25) is 0 Å². The van der Waals surface area contributed by atoms with E-state index in [1.165, 1.54) is 56.9 Å². The van der Waals surface area contributed by atoms with Crippen molar-refractivity contribution in [2.24, 2.45) is 52.1 Å². The number of amides is 1. The third kappa shape index (κ3) is 8.77. The van der Waals surface area contributed by atoms with Gasteiger partial charge in [0.15, 0.2) is 4.08 Å². The second-order valence-electron chi connectivity index (χ2n) is 16.1. The van der Waals surface area contributed by atoms with Crippen molar-refractivity contribution in [3.63, 3.8) is 0 Å². The van der Waals surface area contributed by atoms with Crippen LogP contribution in [0.5, 0.6) is 0 Å². The molecule has 1 unspecified atom stereocenters. The Morgan fingerprint density at radius 1 is 1.04 bits per heavy atom. The monoisotopic (exact) mass is 665 g/mol. The molecule has 0 aromatic heterocycles. The SMILES string of the molecule is CC(C)CCC[C@@H](C)[C@H]1CC[C@H]2[C@@H]3CC=C4C[C@@H](OC(=O)NCCNC(N)CCCC(S)(S)C(=O)O)CC[C@]4(C)[C@H]3CC[C@]12C. The van der Waals surface area contributed by atoms with Crippen molar-refractivity contribution in [3.8, 4) is 0 Å². The van der Waals surface area contributed by atoms with Gasteiger partial charge in [0.05, 0.1) is 6.17 Å². The van der Waals surface area contributed by atoms with Crippen LogP contribution in [0.3, 0.4) is 0 Å². The van der Waals surface area contributed by atoms with E-state index >= 15 is 0 Å². The molecule has 0 spiro atoms. The van der Waals surface area contributed by atoms with Gasteiger partial charge >= 0.3 is 12.1 Å². The van der Waals surface area contributed by atoms with Crippen molar-refractivity contribution in [2.45, 2.75) is 141 Å². The highest BCUT2D eigenvalue weighted by Gasteiger charge is 2.59. The van der Waals surface area contributed by atoms with Crippen LogP contribution in [0.25, 0.3) is 0 Å². The highest BCUT2D eigenvalue weighted by Crippen LogP contribution is 2.67. The van der Waals surface area contributed by atoms with E-state index in [1.807, 2.05) is 0 Å². The number of carboxylic acids is 1. The van der Waals surface area contributed by atoms with Gasteiger partial charge in [0.1, 0.15) is 6.10 Å². The summed E-state index contributed by atoms with van der Waals surface area (Å²) in [7, 11) is 0. The molecule has 0 aliphatic heterocycles. The van der Waals surface area contributed by atoms with Crippen molar-refractivity contribution in [1.82, 2.24) is 10.6 Å². The molecule has 0 aromatic rings. The first kappa shape index (κ1) is 36.9. The zero-order chi connectivity index (χ0) is 33.0. The summed E-state index contributed by atoms with van der Waals surface area (Å²) in [6.07, 6.45) is 17.1. The Labute approximate surface area is 284 Å². The number of carbonyl (C=O) groups excluding carboxylic acids is 1. The Morgan fingerprint density at radius 3 is 2.51 bits per heavy atom. The molecule has 45 heavy (non-hydrogen) atoms. The summed E-state index contributed by atoms with van der Waals surface area (Å²) in [4.78, 5) is 23.7. The van der Waals surface area contributed by atoms with Crippen LogP contribution in [-0.2, 0) is 9.53 Å². The van der Waals surface area contributed by atoms with Gasteiger partial charge in [-0.15, -0.1) is 0 Å². The lowest BCUT2D eigenvalue weighted by atomic mass is 9.47. The minimum atomic E-state index is -1.35. The van der Waals surface area contributed by atoms with Crippen molar-refractivity contribution in [3.05, 3.63) is 11.6 Å². The van der Waals surface area contributed by atoms with Crippen LogP contribution >= 0.6 is 25.3 Å². The fraction of sp³-hybridized carbons (Fsp3) is 0.889. The molecular weight excluding hydrogens is 603 g/mol. The highest BCUT2D eigenvalue weighted by molar-refractivity contribution is 8.01. The molecule has 0 radical (unpaired) electrons. The van der Waals surface area contributed by atoms with Crippen molar-refractivity contribution in [2.75, 3.05) is 13.1 Å². The number of carboxylic acid groups (broad SMARTS) is 1. The van der Waals surface area contributed by atoms with Gasteiger partial charge in [-0.05, 0) is 111 Å². The van der Waals surface area contributed by atoms with Crippen molar-refractivity contribution >= 4 is 37.3 Å². The maximum absolute atomic E-state index is 12.6. The number of hydrogen-bond donors (Lipinski definition) is 6. The molecule has 0 aromatic carbocycles. The zero-order valence-electron chi connectivity index (χ0n) is 28.7. The Bertz CT molecular complexity index is 1050. The van der Waals surface area contributed by atoms with E-state index in [-0.39, 0.29) is 23.8 Å². The molecule has 0 bridgehead atoms. The van der Waals surface area contributed by atoms with Gasteiger partial charge in [-0.3, -0.25) is 0 Å². The van der Waals surface area contributed by atoms with E-state index in [2.05, 4.69) is 76.6 Å². The predicted molar refractivity (Wildman–Crippen MR) is 189 cm³/mol. The first-order chi connectivity index (χ1) is 21.2. The van der Waals surface area contributed by atoms with Gasteiger partial charge < -0.3 is 26.2 Å². The second-order valence-corrected chi connectivity index (χ2v) is 17.9. The molecule has 0 saturated heterocycles. The van der Waals surface area contributed by atoms with Crippen molar-refractivity contribution in [1.29, 1.82) is 0 Å². The lowest BCUT2D eigenvalue weighted by molar-refractivity contribution is -0.137. The number of nitrogens with one attached hydrogen (secondary N) is 2. The standard InChI is InChI=1S/C36H63N3O4S2/c1-23(2)8-6-9-24(3)28-13-14-29-27-12-11-25-22-26(15-18-34(25,4)30(27)16-19-35(28,29)5)43-33(42)39-21-20-38-31(37)10-7-17-36(44,45)32(40)41/h11,23-24,26-31,38,44-45H,6-10,12-22,37H2,1-5H3,(H,39,42)(H,40,41)/t24-,26+,27+,28-,29+,30+,31?,34+,35-/m1/s1. The molecule has 1 amide bonds. The fourth-order valence-corrected chi connectivity index (χ4v) is 10.5. The maximum Gasteiger partial charge on any atom is 0.407 e. The quantitative estimate of drug-likeness (QED) is 0.0461. The number of carbonyl (C=O) groups is 2. The lowest BCUT2D eigenvalue weighted by Gasteiger charge is -2.58. The van der Waals surface area contributed by atoms with Crippen molar-refractivity contribution < 1.29 is 19.4 Å². The first-order valence-corrected chi connectivity index (χ1v) is 18.9. The average molecular weight is 666 g/mol. The largest absolute Gasteiger partial charge is 0.480 e. The highest BCUT2D eigenvalue weighted by atomic mass is 32.2. The third-order valence-corrected chi connectivity index (χ3v) is 13.5. The number of thiol groups is 2. The number of allylic oxidation sites excluding steroid dienone is 1. The molecule has 3 saturated carbocycles.